The van der Waals surface area contributed by atoms with Gasteiger partial charge in [-0.2, -0.15) is 0 Å². The summed E-state index contributed by atoms with van der Waals surface area (Å²) in [6, 6.07) is 10.7. The van der Waals surface area contributed by atoms with Crippen molar-refractivity contribution in [1.82, 2.24) is 0 Å². The van der Waals surface area contributed by atoms with Crippen LogP contribution in [0, 0.1) is 0 Å². The van der Waals surface area contributed by atoms with Crippen LogP contribution in [0.25, 0.3) is 0 Å². The van der Waals surface area contributed by atoms with Crippen LogP contribution in [0.3, 0.4) is 0 Å². The molecule has 6 heteroatoms. The summed E-state index contributed by atoms with van der Waals surface area (Å²) in [4.78, 5) is 11.7. The summed E-state index contributed by atoms with van der Waals surface area (Å²) >= 11 is 0. The smallest absolute Gasteiger partial charge is 0.261 e. The van der Waals surface area contributed by atoms with Crippen molar-refractivity contribution in [3.05, 3.63) is 53.1 Å². The molecule has 25 heavy (non-hydrogen) atoms. The highest BCUT2D eigenvalue weighted by Crippen LogP contribution is 2.31. The summed E-state index contributed by atoms with van der Waals surface area (Å²) in [6.45, 7) is 0. The van der Waals surface area contributed by atoms with Crippen LogP contribution in [-0.2, 0) is 34.1 Å². The van der Waals surface area contributed by atoms with Gasteiger partial charge in [0.15, 0.2) is 0 Å². The number of rotatable bonds is 3. The molecule has 0 aromatic heterocycles. The number of amides is 1. The molecule has 0 bridgehead atoms. The van der Waals surface area contributed by atoms with E-state index in [9.17, 15) is 13.2 Å². The van der Waals surface area contributed by atoms with Gasteiger partial charge in [-0.05, 0) is 73.1 Å². The molecule has 2 aliphatic rings. The molecule has 4 rings (SSSR count). The van der Waals surface area contributed by atoms with Gasteiger partial charge in [0.2, 0.25) is 5.91 Å². The van der Waals surface area contributed by atoms with Gasteiger partial charge in [0.1, 0.15) is 0 Å². The monoisotopic (exact) mass is 356 g/mol. The maximum atomic E-state index is 12.8. The number of aryl methyl sites for hydroxylation is 2. The second kappa shape index (κ2) is 6.19. The molecule has 0 fully saturated rings. The lowest BCUT2D eigenvalue weighted by molar-refractivity contribution is -0.116. The Kier molecular flexibility index (Phi) is 4.00. The normalized spacial score (nSPS) is 16.6. The number of benzene rings is 2. The predicted molar refractivity (Wildman–Crippen MR) is 97.3 cm³/mol. The first-order valence-corrected chi connectivity index (χ1v) is 10.1. The zero-order chi connectivity index (χ0) is 17.4. The summed E-state index contributed by atoms with van der Waals surface area (Å²) in [5.74, 6) is -0.0304. The van der Waals surface area contributed by atoms with E-state index in [1.54, 1.807) is 18.2 Å². The Hall–Kier alpha value is -2.34. The second-order valence-electron chi connectivity index (χ2n) is 6.62. The zero-order valence-electron chi connectivity index (χ0n) is 13.8. The highest BCUT2D eigenvalue weighted by atomic mass is 32.2. The Morgan fingerprint density at radius 1 is 0.920 bits per heavy atom. The summed E-state index contributed by atoms with van der Waals surface area (Å²) in [6.07, 6.45) is 5.10. The minimum Gasteiger partial charge on any atom is -0.326 e. The average Bonchev–Trinajstić information content (AvgIpc) is 2.61. The predicted octanol–water partition coefficient (Wildman–Crippen LogP) is 3.25. The summed E-state index contributed by atoms with van der Waals surface area (Å²) in [5.41, 5.74) is 4.59. The van der Waals surface area contributed by atoms with Crippen molar-refractivity contribution in [3.8, 4) is 0 Å². The summed E-state index contributed by atoms with van der Waals surface area (Å²) in [7, 11) is -3.66. The lowest BCUT2D eigenvalue weighted by Crippen LogP contribution is -2.20. The van der Waals surface area contributed by atoms with Crippen molar-refractivity contribution in [2.24, 2.45) is 0 Å². The van der Waals surface area contributed by atoms with Gasteiger partial charge in [-0.25, -0.2) is 8.42 Å². The molecule has 0 saturated carbocycles. The number of anilines is 2. The van der Waals surface area contributed by atoms with Crippen LogP contribution < -0.4 is 10.0 Å². The minimum atomic E-state index is -3.66. The van der Waals surface area contributed by atoms with Crippen LogP contribution in [0.5, 0.6) is 0 Å². The van der Waals surface area contributed by atoms with Crippen molar-refractivity contribution >= 4 is 27.3 Å². The Balaban J connectivity index is 1.66. The topological polar surface area (TPSA) is 75.3 Å². The van der Waals surface area contributed by atoms with Crippen LogP contribution in [0.4, 0.5) is 11.4 Å². The molecule has 5 nitrogen and oxygen atoms in total. The van der Waals surface area contributed by atoms with Crippen molar-refractivity contribution in [3.63, 3.8) is 0 Å². The lowest BCUT2D eigenvalue weighted by Gasteiger charge is -2.21. The average molecular weight is 356 g/mol. The molecule has 1 aliphatic carbocycles. The zero-order valence-corrected chi connectivity index (χ0v) is 14.7. The molecular formula is C19H20N2O3S. The summed E-state index contributed by atoms with van der Waals surface area (Å²) < 4.78 is 28.4. The van der Waals surface area contributed by atoms with Crippen LogP contribution >= 0.6 is 0 Å². The van der Waals surface area contributed by atoms with E-state index in [0.29, 0.717) is 24.2 Å². The maximum Gasteiger partial charge on any atom is 0.261 e. The van der Waals surface area contributed by atoms with Gasteiger partial charge in [0, 0.05) is 12.1 Å². The fourth-order valence-corrected chi connectivity index (χ4v) is 4.75. The van der Waals surface area contributed by atoms with Gasteiger partial charge < -0.3 is 5.32 Å². The number of hydrogen-bond donors (Lipinski definition) is 2. The van der Waals surface area contributed by atoms with E-state index in [2.05, 4.69) is 16.1 Å². The number of hydrogen-bond acceptors (Lipinski definition) is 3. The van der Waals surface area contributed by atoms with Gasteiger partial charge in [0.25, 0.3) is 10.0 Å². The Bertz CT molecular complexity index is 951. The Labute approximate surface area is 147 Å². The molecule has 0 saturated heterocycles. The minimum absolute atomic E-state index is 0.0304. The number of sulfonamides is 1. The number of carbonyl (C=O) groups is 1. The first-order chi connectivity index (χ1) is 12.0. The van der Waals surface area contributed by atoms with E-state index in [1.165, 1.54) is 5.56 Å². The SMILES string of the molecule is O=C1CCc2cc(S(=O)(=O)Nc3cccc4c3CCCC4)ccc2N1. The fraction of sp³-hybridized carbons (Fsp3) is 0.316. The van der Waals surface area contributed by atoms with Crippen molar-refractivity contribution < 1.29 is 13.2 Å². The maximum absolute atomic E-state index is 12.8. The Morgan fingerprint density at radius 3 is 2.64 bits per heavy atom. The van der Waals surface area contributed by atoms with E-state index in [1.807, 2.05) is 12.1 Å². The second-order valence-corrected chi connectivity index (χ2v) is 8.31. The molecule has 2 aromatic carbocycles. The third-order valence-corrected chi connectivity index (χ3v) is 6.29. The first kappa shape index (κ1) is 16.1. The highest BCUT2D eigenvalue weighted by molar-refractivity contribution is 7.92. The first-order valence-electron chi connectivity index (χ1n) is 8.59. The molecule has 2 N–H and O–H groups in total. The summed E-state index contributed by atoms with van der Waals surface area (Å²) in [5, 5.41) is 2.77. The van der Waals surface area contributed by atoms with Crippen LogP contribution in [0.15, 0.2) is 41.3 Å². The van der Waals surface area contributed by atoms with Crippen LogP contribution in [0.1, 0.15) is 36.0 Å². The number of carbonyl (C=O) groups excluding carboxylic acids is 1. The molecular weight excluding hydrogens is 336 g/mol. The van der Waals surface area contributed by atoms with Gasteiger partial charge in [0.05, 0.1) is 10.6 Å². The fourth-order valence-electron chi connectivity index (χ4n) is 3.61. The van der Waals surface area contributed by atoms with Gasteiger partial charge in [-0.1, -0.05) is 12.1 Å². The molecule has 2 aromatic rings. The third-order valence-electron chi connectivity index (χ3n) is 4.92. The third kappa shape index (κ3) is 3.14. The quantitative estimate of drug-likeness (QED) is 0.886. The molecule has 0 spiro atoms. The molecule has 0 unspecified atom stereocenters. The largest absolute Gasteiger partial charge is 0.326 e. The molecule has 0 radical (unpaired) electrons. The van der Waals surface area contributed by atoms with E-state index in [0.717, 1.165) is 36.8 Å². The van der Waals surface area contributed by atoms with Crippen LogP contribution in [-0.4, -0.2) is 14.3 Å². The van der Waals surface area contributed by atoms with Crippen molar-refractivity contribution in [2.45, 2.75) is 43.4 Å². The lowest BCUT2D eigenvalue weighted by atomic mass is 9.91. The number of nitrogens with one attached hydrogen (secondary N) is 2. The molecule has 130 valence electrons. The van der Waals surface area contributed by atoms with E-state index < -0.39 is 10.0 Å². The van der Waals surface area contributed by atoms with Gasteiger partial charge in [-0.3, -0.25) is 9.52 Å². The molecule has 1 heterocycles. The van der Waals surface area contributed by atoms with E-state index in [4.69, 9.17) is 0 Å². The van der Waals surface area contributed by atoms with Gasteiger partial charge >= 0.3 is 0 Å². The Morgan fingerprint density at radius 2 is 1.76 bits per heavy atom. The van der Waals surface area contributed by atoms with E-state index >= 15 is 0 Å². The molecule has 0 atom stereocenters. The van der Waals surface area contributed by atoms with E-state index in [-0.39, 0.29) is 10.8 Å². The number of fused-ring (bicyclic) bond motifs is 2. The molecule has 1 aliphatic heterocycles. The van der Waals surface area contributed by atoms with Gasteiger partial charge in [-0.15, -0.1) is 0 Å². The standard InChI is InChI=1S/C19H20N2O3S/c22-19-11-8-14-12-15(9-10-17(14)20-19)25(23,24)21-18-7-3-5-13-4-1-2-6-16(13)18/h3,5,7,9-10,12,21H,1-2,4,6,8,11H2,(H,20,22). The van der Waals surface area contributed by atoms with Crippen molar-refractivity contribution in [2.75, 3.05) is 10.0 Å². The molecule has 1 amide bonds. The van der Waals surface area contributed by atoms with Crippen LogP contribution in [0.2, 0.25) is 0 Å². The van der Waals surface area contributed by atoms with Crippen molar-refractivity contribution in [1.29, 1.82) is 0 Å². The highest BCUT2D eigenvalue weighted by Gasteiger charge is 2.22.